The van der Waals surface area contributed by atoms with Gasteiger partial charge in [0, 0.05) is 19.2 Å². The van der Waals surface area contributed by atoms with Crippen molar-refractivity contribution in [3.05, 3.63) is 0 Å². The third-order valence-corrected chi connectivity index (χ3v) is 5.29. The normalized spacial score (nSPS) is 30.8. The Kier molecular flexibility index (Phi) is 5.63. The number of hydrogen-bond acceptors (Lipinski definition) is 4. The minimum Gasteiger partial charge on any atom is -0.383 e. The van der Waals surface area contributed by atoms with E-state index < -0.39 is 5.54 Å². The van der Waals surface area contributed by atoms with Crippen molar-refractivity contribution in [2.75, 3.05) is 27.3 Å². The number of likely N-dealkylation sites (N-methyl/N-ethyl adjacent to an activating group) is 1. The van der Waals surface area contributed by atoms with Crippen LogP contribution in [-0.4, -0.2) is 55.7 Å². The summed E-state index contributed by atoms with van der Waals surface area (Å²) in [4.78, 5) is 14.4. The van der Waals surface area contributed by atoms with E-state index in [2.05, 4.69) is 24.2 Å². The molecule has 0 radical (unpaired) electrons. The van der Waals surface area contributed by atoms with Gasteiger partial charge in [0.2, 0.25) is 5.91 Å². The lowest BCUT2D eigenvalue weighted by molar-refractivity contribution is -0.126. The zero-order valence-electron chi connectivity index (χ0n) is 13.7. The predicted octanol–water partition coefficient (Wildman–Crippen LogP) is 1.12. The predicted molar refractivity (Wildman–Crippen MR) is 84.0 cm³/mol. The first-order valence-electron chi connectivity index (χ1n) is 8.26. The lowest BCUT2D eigenvalue weighted by Crippen LogP contribution is -2.59. The maximum Gasteiger partial charge on any atom is 0.238 e. The summed E-state index contributed by atoms with van der Waals surface area (Å²) in [5.41, 5.74) is 5.33. The standard InChI is InChI=1S/C16H31N3O2/c1-12(11-21-3)19(2)10-8-13-5-4-9-16(13,15(17)20)18-14-6-7-14/h12-14,18H,4-11H2,1-3H3,(H2,17,20). The van der Waals surface area contributed by atoms with E-state index in [-0.39, 0.29) is 5.91 Å². The fraction of sp³-hybridized carbons (Fsp3) is 0.938. The van der Waals surface area contributed by atoms with Gasteiger partial charge < -0.3 is 20.7 Å². The Morgan fingerprint density at radius 2 is 2.19 bits per heavy atom. The summed E-state index contributed by atoms with van der Waals surface area (Å²) in [6.07, 6.45) is 6.51. The number of primary amides is 1. The molecule has 0 heterocycles. The largest absolute Gasteiger partial charge is 0.383 e. The van der Waals surface area contributed by atoms with E-state index >= 15 is 0 Å². The van der Waals surface area contributed by atoms with Gasteiger partial charge in [-0.1, -0.05) is 6.42 Å². The molecule has 122 valence electrons. The first-order chi connectivity index (χ1) is 9.99. The number of nitrogens with one attached hydrogen (secondary N) is 1. The Morgan fingerprint density at radius 3 is 2.76 bits per heavy atom. The zero-order valence-corrected chi connectivity index (χ0v) is 13.7. The summed E-state index contributed by atoms with van der Waals surface area (Å²) in [6, 6.07) is 0.916. The Hall–Kier alpha value is -0.650. The fourth-order valence-corrected chi connectivity index (χ4v) is 3.59. The zero-order chi connectivity index (χ0) is 15.5. The average molecular weight is 297 g/mol. The number of ether oxygens (including phenoxy) is 1. The van der Waals surface area contributed by atoms with Gasteiger partial charge in [0.15, 0.2) is 0 Å². The van der Waals surface area contributed by atoms with E-state index in [0.717, 1.165) is 38.8 Å². The second-order valence-electron chi connectivity index (χ2n) is 6.92. The van der Waals surface area contributed by atoms with Crippen LogP contribution in [0.2, 0.25) is 0 Å². The Morgan fingerprint density at radius 1 is 1.48 bits per heavy atom. The highest BCUT2D eigenvalue weighted by Crippen LogP contribution is 2.40. The molecule has 0 aromatic carbocycles. The lowest BCUT2D eigenvalue weighted by atomic mass is 9.83. The van der Waals surface area contributed by atoms with Crippen molar-refractivity contribution in [1.29, 1.82) is 0 Å². The van der Waals surface area contributed by atoms with Gasteiger partial charge in [0.1, 0.15) is 5.54 Å². The monoisotopic (exact) mass is 297 g/mol. The quantitative estimate of drug-likeness (QED) is 0.669. The number of methoxy groups -OCH3 is 1. The van der Waals surface area contributed by atoms with Crippen LogP contribution < -0.4 is 11.1 Å². The molecule has 2 saturated carbocycles. The van der Waals surface area contributed by atoms with Crippen molar-refractivity contribution >= 4 is 5.91 Å². The maximum absolute atomic E-state index is 12.1. The van der Waals surface area contributed by atoms with Gasteiger partial charge in [-0.25, -0.2) is 0 Å². The van der Waals surface area contributed by atoms with Crippen LogP contribution >= 0.6 is 0 Å². The second-order valence-corrected chi connectivity index (χ2v) is 6.92. The van der Waals surface area contributed by atoms with Crippen molar-refractivity contribution in [1.82, 2.24) is 10.2 Å². The number of nitrogens with two attached hydrogens (primary N) is 1. The Labute approximate surface area is 128 Å². The molecule has 5 nitrogen and oxygen atoms in total. The molecule has 5 heteroatoms. The molecule has 0 spiro atoms. The molecule has 2 rings (SSSR count). The molecule has 2 aliphatic carbocycles. The maximum atomic E-state index is 12.1. The van der Waals surface area contributed by atoms with Gasteiger partial charge in [-0.05, 0) is 58.5 Å². The van der Waals surface area contributed by atoms with Crippen LogP contribution in [0.4, 0.5) is 0 Å². The molecule has 3 unspecified atom stereocenters. The highest BCUT2D eigenvalue weighted by atomic mass is 16.5. The highest BCUT2D eigenvalue weighted by Gasteiger charge is 2.49. The Balaban J connectivity index is 1.92. The van der Waals surface area contributed by atoms with Gasteiger partial charge in [-0.2, -0.15) is 0 Å². The first-order valence-corrected chi connectivity index (χ1v) is 8.26. The van der Waals surface area contributed by atoms with Crippen molar-refractivity contribution in [2.45, 2.75) is 63.1 Å². The van der Waals surface area contributed by atoms with Crippen LogP contribution in [0.15, 0.2) is 0 Å². The molecule has 2 aliphatic rings. The summed E-state index contributed by atoms with van der Waals surface area (Å²) in [5, 5.41) is 3.58. The van der Waals surface area contributed by atoms with Gasteiger partial charge in [-0.15, -0.1) is 0 Å². The lowest BCUT2D eigenvalue weighted by Gasteiger charge is -2.35. The second kappa shape index (κ2) is 7.07. The molecule has 0 aromatic rings. The summed E-state index contributed by atoms with van der Waals surface area (Å²) < 4.78 is 5.21. The van der Waals surface area contributed by atoms with E-state index in [4.69, 9.17) is 10.5 Å². The van der Waals surface area contributed by atoms with Crippen LogP contribution in [0.3, 0.4) is 0 Å². The fourth-order valence-electron chi connectivity index (χ4n) is 3.59. The third kappa shape index (κ3) is 3.96. The van der Waals surface area contributed by atoms with Crippen LogP contribution in [0.5, 0.6) is 0 Å². The number of rotatable bonds is 9. The van der Waals surface area contributed by atoms with Crippen LogP contribution in [-0.2, 0) is 9.53 Å². The number of carbonyl (C=O) groups is 1. The molecule has 0 aromatic heterocycles. The molecule has 0 saturated heterocycles. The van der Waals surface area contributed by atoms with E-state index in [1.165, 1.54) is 12.8 Å². The van der Waals surface area contributed by atoms with E-state index in [9.17, 15) is 4.79 Å². The van der Waals surface area contributed by atoms with Crippen LogP contribution in [0, 0.1) is 5.92 Å². The van der Waals surface area contributed by atoms with E-state index in [1.807, 2.05) is 0 Å². The van der Waals surface area contributed by atoms with Crippen molar-refractivity contribution in [3.63, 3.8) is 0 Å². The van der Waals surface area contributed by atoms with Gasteiger partial charge in [-0.3, -0.25) is 4.79 Å². The van der Waals surface area contributed by atoms with Gasteiger partial charge >= 0.3 is 0 Å². The smallest absolute Gasteiger partial charge is 0.238 e. The minimum atomic E-state index is -0.452. The van der Waals surface area contributed by atoms with Crippen LogP contribution in [0.25, 0.3) is 0 Å². The van der Waals surface area contributed by atoms with Crippen molar-refractivity contribution < 1.29 is 9.53 Å². The molecule has 0 aliphatic heterocycles. The first kappa shape index (κ1) is 16.7. The van der Waals surface area contributed by atoms with E-state index in [1.54, 1.807) is 7.11 Å². The molecule has 3 atom stereocenters. The molecule has 0 bridgehead atoms. The van der Waals surface area contributed by atoms with Gasteiger partial charge in [0.05, 0.1) is 6.61 Å². The van der Waals surface area contributed by atoms with Crippen molar-refractivity contribution in [2.24, 2.45) is 11.7 Å². The minimum absolute atomic E-state index is 0.149. The average Bonchev–Trinajstić information content (AvgIpc) is 3.15. The summed E-state index contributed by atoms with van der Waals surface area (Å²) in [6.45, 7) is 3.89. The van der Waals surface area contributed by atoms with Crippen LogP contribution in [0.1, 0.15) is 45.4 Å². The molecule has 3 N–H and O–H groups in total. The molecule has 2 fully saturated rings. The molecular formula is C16H31N3O2. The summed E-state index contributed by atoms with van der Waals surface area (Å²) in [5.74, 6) is 0.220. The molecular weight excluding hydrogens is 266 g/mol. The number of hydrogen-bond donors (Lipinski definition) is 2. The molecule has 1 amide bonds. The highest BCUT2D eigenvalue weighted by molar-refractivity contribution is 5.85. The van der Waals surface area contributed by atoms with Gasteiger partial charge in [0.25, 0.3) is 0 Å². The molecule has 21 heavy (non-hydrogen) atoms. The van der Waals surface area contributed by atoms with Crippen molar-refractivity contribution in [3.8, 4) is 0 Å². The SMILES string of the molecule is COCC(C)N(C)CCC1CCCC1(NC1CC1)C(N)=O. The van der Waals surface area contributed by atoms with E-state index in [0.29, 0.717) is 18.0 Å². The number of nitrogens with zero attached hydrogens (tertiary/aromatic N) is 1. The summed E-state index contributed by atoms with van der Waals surface area (Å²) >= 11 is 0. The third-order valence-electron chi connectivity index (χ3n) is 5.29. The summed E-state index contributed by atoms with van der Waals surface area (Å²) in [7, 11) is 3.86. The number of amides is 1. The topological polar surface area (TPSA) is 67.6 Å². The Bertz CT molecular complexity index is 359. The number of carbonyl (C=O) groups excluding carboxylic acids is 1.